The molecule has 136 valence electrons. The van der Waals surface area contributed by atoms with Crippen molar-refractivity contribution in [2.75, 3.05) is 0 Å². The van der Waals surface area contributed by atoms with E-state index in [2.05, 4.69) is 54.6 Å². The first kappa shape index (κ1) is 19.6. The number of aldehydes is 1. The molecule has 0 heterocycles. The number of rotatable bonds is 4. The SMILES string of the molecule is CC1(C)[C@@H](O[Si](C)(C)C(C)(C)C)CC[C@]2(C)C=CC(=O)[C@]12CC=O. The van der Waals surface area contributed by atoms with Crippen LogP contribution in [0.4, 0.5) is 0 Å². The fourth-order valence-electron chi connectivity index (χ4n) is 4.70. The van der Waals surface area contributed by atoms with Gasteiger partial charge in [0.15, 0.2) is 14.1 Å². The van der Waals surface area contributed by atoms with Gasteiger partial charge in [0.05, 0.1) is 11.5 Å². The molecule has 0 bridgehead atoms. The first-order valence-corrected chi connectivity index (χ1v) is 12.0. The standard InChI is InChI=1S/C20H34O3Si/c1-17(2,3)24(7,8)23-16-10-12-19(6)11-9-15(22)20(19,13-14-21)18(16,4)5/h9,11,14,16H,10,12-13H2,1-8H3/t16-,19-,20+/m0/s1. The second kappa shape index (κ2) is 5.63. The average Bonchev–Trinajstić information content (AvgIpc) is 2.68. The van der Waals surface area contributed by atoms with Gasteiger partial charge >= 0.3 is 0 Å². The van der Waals surface area contributed by atoms with Crippen molar-refractivity contribution >= 4 is 20.4 Å². The maximum atomic E-state index is 13.0. The fourth-order valence-corrected chi connectivity index (χ4v) is 6.18. The molecule has 0 aromatic heterocycles. The molecule has 0 aromatic rings. The van der Waals surface area contributed by atoms with E-state index < -0.39 is 13.7 Å². The van der Waals surface area contributed by atoms with E-state index in [1.807, 2.05) is 6.08 Å². The van der Waals surface area contributed by atoms with E-state index in [-0.39, 0.29) is 34.2 Å². The number of hydrogen-bond donors (Lipinski definition) is 0. The van der Waals surface area contributed by atoms with Crippen molar-refractivity contribution in [1.82, 2.24) is 0 Å². The first-order valence-electron chi connectivity index (χ1n) is 9.10. The second-order valence-corrected chi connectivity index (χ2v) is 14.8. The number of ketones is 1. The third kappa shape index (κ3) is 2.48. The van der Waals surface area contributed by atoms with Crippen LogP contribution in [0.25, 0.3) is 0 Å². The molecule has 3 atom stereocenters. The molecule has 0 saturated heterocycles. The van der Waals surface area contributed by atoms with Crippen molar-refractivity contribution in [3.05, 3.63) is 12.2 Å². The van der Waals surface area contributed by atoms with Gasteiger partial charge in [-0.05, 0) is 42.5 Å². The lowest BCUT2D eigenvalue weighted by Gasteiger charge is -2.60. The van der Waals surface area contributed by atoms with Gasteiger partial charge in [-0.15, -0.1) is 0 Å². The van der Waals surface area contributed by atoms with E-state index in [0.717, 1.165) is 19.1 Å². The van der Waals surface area contributed by atoms with Gasteiger partial charge in [0.25, 0.3) is 0 Å². The lowest BCUT2D eigenvalue weighted by atomic mass is 9.45. The lowest BCUT2D eigenvalue weighted by Crippen LogP contribution is -2.62. The average molecular weight is 351 g/mol. The van der Waals surface area contributed by atoms with Crippen LogP contribution < -0.4 is 0 Å². The Morgan fingerprint density at radius 3 is 2.38 bits per heavy atom. The largest absolute Gasteiger partial charge is 0.413 e. The highest BCUT2D eigenvalue weighted by Gasteiger charge is 2.67. The zero-order valence-corrected chi connectivity index (χ0v) is 17.7. The predicted molar refractivity (Wildman–Crippen MR) is 100 cm³/mol. The minimum Gasteiger partial charge on any atom is -0.413 e. The molecule has 2 aliphatic carbocycles. The molecule has 0 unspecified atom stereocenters. The highest BCUT2D eigenvalue weighted by Crippen LogP contribution is 2.66. The zero-order valence-electron chi connectivity index (χ0n) is 16.7. The third-order valence-electron chi connectivity index (χ3n) is 7.46. The molecule has 0 aliphatic heterocycles. The number of carbonyl (C=O) groups is 2. The van der Waals surface area contributed by atoms with Crippen LogP contribution in [-0.4, -0.2) is 26.5 Å². The van der Waals surface area contributed by atoms with E-state index in [4.69, 9.17) is 4.43 Å². The van der Waals surface area contributed by atoms with Crippen LogP contribution in [0.15, 0.2) is 12.2 Å². The maximum absolute atomic E-state index is 13.0. The van der Waals surface area contributed by atoms with Crippen molar-refractivity contribution in [1.29, 1.82) is 0 Å². The van der Waals surface area contributed by atoms with Crippen molar-refractivity contribution in [2.45, 2.75) is 85.0 Å². The van der Waals surface area contributed by atoms with Crippen LogP contribution >= 0.6 is 0 Å². The Hall–Kier alpha value is -0.743. The van der Waals surface area contributed by atoms with Crippen LogP contribution in [0.2, 0.25) is 18.1 Å². The third-order valence-corrected chi connectivity index (χ3v) is 11.9. The maximum Gasteiger partial charge on any atom is 0.192 e. The highest BCUT2D eigenvalue weighted by molar-refractivity contribution is 6.74. The van der Waals surface area contributed by atoms with Gasteiger partial charge in [0.2, 0.25) is 0 Å². The first-order chi connectivity index (χ1) is 10.8. The molecule has 0 aromatic carbocycles. The van der Waals surface area contributed by atoms with Crippen molar-refractivity contribution < 1.29 is 14.0 Å². The summed E-state index contributed by atoms with van der Waals surface area (Å²) in [6, 6.07) is 0. The van der Waals surface area contributed by atoms with E-state index >= 15 is 0 Å². The number of fused-ring (bicyclic) bond motifs is 1. The molecular formula is C20H34O3Si. The second-order valence-electron chi connectivity index (χ2n) is 10.0. The van der Waals surface area contributed by atoms with E-state index in [1.165, 1.54) is 0 Å². The molecule has 3 nitrogen and oxygen atoms in total. The smallest absolute Gasteiger partial charge is 0.192 e. The summed E-state index contributed by atoms with van der Waals surface area (Å²) >= 11 is 0. The van der Waals surface area contributed by atoms with Gasteiger partial charge in [0.1, 0.15) is 6.29 Å². The van der Waals surface area contributed by atoms with Crippen molar-refractivity contribution in [3.8, 4) is 0 Å². The molecule has 24 heavy (non-hydrogen) atoms. The summed E-state index contributed by atoms with van der Waals surface area (Å²) in [6.07, 6.45) is 6.80. The quantitative estimate of drug-likeness (QED) is 0.534. The number of carbonyl (C=O) groups excluding carboxylic acids is 2. The number of hydrogen-bond acceptors (Lipinski definition) is 3. The Kier molecular flexibility index (Phi) is 4.59. The van der Waals surface area contributed by atoms with Gasteiger partial charge in [-0.1, -0.05) is 47.6 Å². The minimum atomic E-state index is -1.95. The van der Waals surface area contributed by atoms with Gasteiger partial charge in [-0.3, -0.25) is 4.79 Å². The van der Waals surface area contributed by atoms with E-state index in [1.54, 1.807) is 6.08 Å². The van der Waals surface area contributed by atoms with E-state index in [0.29, 0.717) is 0 Å². The van der Waals surface area contributed by atoms with Crippen molar-refractivity contribution in [2.24, 2.45) is 16.2 Å². The van der Waals surface area contributed by atoms with Crippen LogP contribution in [-0.2, 0) is 14.0 Å². The topological polar surface area (TPSA) is 43.4 Å². The van der Waals surface area contributed by atoms with Gasteiger partial charge in [-0.25, -0.2) is 0 Å². The Bertz CT molecular complexity index is 570. The summed E-state index contributed by atoms with van der Waals surface area (Å²) < 4.78 is 6.77. The molecule has 0 radical (unpaired) electrons. The molecule has 1 saturated carbocycles. The molecule has 0 N–H and O–H groups in total. The molecule has 2 rings (SSSR count). The van der Waals surface area contributed by atoms with Gasteiger partial charge < -0.3 is 9.22 Å². The van der Waals surface area contributed by atoms with E-state index in [9.17, 15) is 9.59 Å². The predicted octanol–water partition coefficient (Wildman–Crippen LogP) is 4.92. The van der Waals surface area contributed by atoms with Crippen LogP contribution in [0.5, 0.6) is 0 Å². The Morgan fingerprint density at radius 1 is 1.29 bits per heavy atom. The number of allylic oxidation sites excluding steroid dienone is 2. The van der Waals surface area contributed by atoms with Crippen molar-refractivity contribution in [3.63, 3.8) is 0 Å². The Morgan fingerprint density at radius 2 is 1.88 bits per heavy atom. The van der Waals surface area contributed by atoms with Crippen LogP contribution in [0.3, 0.4) is 0 Å². The highest BCUT2D eigenvalue weighted by atomic mass is 28.4. The summed E-state index contributed by atoms with van der Waals surface area (Å²) in [7, 11) is -1.95. The molecule has 2 aliphatic rings. The molecule has 0 amide bonds. The summed E-state index contributed by atoms with van der Waals surface area (Å²) in [5, 5.41) is 0.125. The molecule has 4 heteroatoms. The summed E-state index contributed by atoms with van der Waals surface area (Å²) in [6.45, 7) is 17.7. The van der Waals surface area contributed by atoms with Crippen LogP contribution in [0, 0.1) is 16.2 Å². The zero-order chi connectivity index (χ0) is 18.6. The summed E-state index contributed by atoms with van der Waals surface area (Å²) in [5.74, 6) is 0.102. The monoisotopic (exact) mass is 350 g/mol. The van der Waals surface area contributed by atoms with Gasteiger partial charge in [0, 0.05) is 11.8 Å². The Balaban J connectivity index is 2.47. The Labute approximate surface area is 148 Å². The summed E-state index contributed by atoms with van der Waals surface area (Å²) in [5.41, 5.74) is -1.30. The minimum absolute atomic E-state index is 0.00951. The summed E-state index contributed by atoms with van der Waals surface area (Å²) in [4.78, 5) is 24.5. The molecular weight excluding hydrogens is 316 g/mol. The lowest BCUT2D eigenvalue weighted by molar-refractivity contribution is -0.165. The van der Waals surface area contributed by atoms with Gasteiger partial charge in [-0.2, -0.15) is 0 Å². The molecule has 1 fully saturated rings. The van der Waals surface area contributed by atoms with Crippen LogP contribution in [0.1, 0.15) is 60.8 Å². The fraction of sp³-hybridized carbons (Fsp3) is 0.800. The normalized spacial score (nSPS) is 35.8. The molecule has 0 spiro atoms.